The predicted molar refractivity (Wildman–Crippen MR) is 59.7 cm³/mol. The molecule has 0 radical (unpaired) electrons. The summed E-state index contributed by atoms with van der Waals surface area (Å²) in [5.74, 6) is 0. The van der Waals surface area contributed by atoms with Crippen molar-refractivity contribution in [3.05, 3.63) is 34.9 Å². The summed E-state index contributed by atoms with van der Waals surface area (Å²) in [6.07, 6.45) is 7.19. The first-order chi connectivity index (χ1) is 6.09. The van der Waals surface area contributed by atoms with Gasteiger partial charge >= 0.3 is 0 Å². The molecule has 0 aromatic rings. The van der Waals surface area contributed by atoms with Gasteiger partial charge in [-0.3, -0.25) is 0 Å². The Bertz CT molecular complexity index is 264. The van der Waals surface area contributed by atoms with Gasteiger partial charge in [0.1, 0.15) is 0 Å². The minimum atomic E-state index is 1.14. The van der Waals surface area contributed by atoms with Gasteiger partial charge in [-0.15, -0.1) is 6.58 Å². The average molecular weight is 176 g/mol. The molecular weight excluding hydrogens is 156 g/mol. The van der Waals surface area contributed by atoms with Gasteiger partial charge in [0.25, 0.3) is 0 Å². The maximum absolute atomic E-state index is 3.94. The Hall–Kier alpha value is -0.780. The van der Waals surface area contributed by atoms with Crippen LogP contribution in [0.25, 0.3) is 0 Å². The van der Waals surface area contributed by atoms with Gasteiger partial charge in [-0.1, -0.05) is 22.8 Å². The molecule has 0 spiro atoms. The van der Waals surface area contributed by atoms with Gasteiger partial charge in [0, 0.05) is 0 Å². The van der Waals surface area contributed by atoms with Crippen molar-refractivity contribution >= 4 is 0 Å². The smallest absolute Gasteiger partial charge is 0.0242 e. The van der Waals surface area contributed by atoms with E-state index < -0.39 is 0 Å². The molecule has 0 atom stereocenters. The van der Waals surface area contributed by atoms with Gasteiger partial charge in [0.15, 0.2) is 0 Å². The van der Waals surface area contributed by atoms with E-state index in [1.54, 1.807) is 11.1 Å². The Labute approximate surface area is 82.0 Å². The van der Waals surface area contributed by atoms with Crippen molar-refractivity contribution in [2.24, 2.45) is 0 Å². The van der Waals surface area contributed by atoms with Gasteiger partial charge < -0.3 is 0 Å². The first kappa shape index (κ1) is 10.3. The minimum Gasteiger partial charge on any atom is -0.100 e. The first-order valence-corrected chi connectivity index (χ1v) is 5.10. The van der Waals surface area contributed by atoms with Crippen molar-refractivity contribution in [2.45, 2.75) is 46.5 Å². The number of hydrogen-bond donors (Lipinski definition) is 0. The molecule has 72 valence electrons. The minimum absolute atomic E-state index is 1.14. The monoisotopic (exact) mass is 176 g/mol. The normalized spacial score (nSPS) is 17.3. The molecule has 0 nitrogen and oxygen atoms in total. The van der Waals surface area contributed by atoms with Gasteiger partial charge in [-0.25, -0.2) is 0 Å². The zero-order valence-corrected chi connectivity index (χ0v) is 9.11. The maximum atomic E-state index is 3.94. The quantitative estimate of drug-likeness (QED) is 0.559. The standard InChI is InChI=1S/C13H20/c1-10(2)5-8-13-9-11(3)6-7-12(13)4/h9H,1,5-8H2,2-4H3. The van der Waals surface area contributed by atoms with Crippen molar-refractivity contribution in [1.82, 2.24) is 0 Å². The van der Waals surface area contributed by atoms with Crippen LogP contribution >= 0.6 is 0 Å². The highest BCUT2D eigenvalue weighted by Crippen LogP contribution is 2.26. The van der Waals surface area contributed by atoms with Crippen LogP contribution in [0, 0.1) is 0 Å². The summed E-state index contributed by atoms with van der Waals surface area (Å²) in [6, 6.07) is 0. The van der Waals surface area contributed by atoms with E-state index in [-0.39, 0.29) is 0 Å². The topological polar surface area (TPSA) is 0 Å². The number of hydrogen-bond acceptors (Lipinski definition) is 0. The van der Waals surface area contributed by atoms with E-state index in [4.69, 9.17) is 0 Å². The Morgan fingerprint density at radius 1 is 1.38 bits per heavy atom. The summed E-state index contributed by atoms with van der Waals surface area (Å²) in [4.78, 5) is 0. The third-order valence-electron chi connectivity index (χ3n) is 2.68. The van der Waals surface area contributed by atoms with E-state index in [2.05, 4.69) is 33.4 Å². The molecular formula is C13H20. The lowest BCUT2D eigenvalue weighted by Gasteiger charge is -2.15. The second kappa shape index (κ2) is 4.45. The largest absolute Gasteiger partial charge is 0.100 e. The van der Waals surface area contributed by atoms with E-state index in [1.165, 1.54) is 30.4 Å². The fraction of sp³-hybridized carbons (Fsp3) is 0.538. The Morgan fingerprint density at radius 2 is 2.08 bits per heavy atom. The number of rotatable bonds is 3. The highest BCUT2D eigenvalue weighted by atomic mass is 14.1. The van der Waals surface area contributed by atoms with E-state index in [9.17, 15) is 0 Å². The van der Waals surface area contributed by atoms with Gasteiger partial charge in [-0.05, 0) is 52.0 Å². The molecule has 0 fully saturated rings. The van der Waals surface area contributed by atoms with Crippen LogP contribution in [0.3, 0.4) is 0 Å². The third kappa shape index (κ3) is 3.22. The molecule has 0 aromatic carbocycles. The molecule has 1 aliphatic carbocycles. The van der Waals surface area contributed by atoms with Crippen LogP contribution in [0.5, 0.6) is 0 Å². The maximum Gasteiger partial charge on any atom is -0.0242 e. The van der Waals surface area contributed by atoms with Crippen molar-refractivity contribution in [3.63, 3.8) is 0 Å². The van der Waals surface area contributed by atoms with Crippen molar-refractivity contribution < 1.29 is 0 Å². The Kier molecular flexibility index (Phi) is 3.53. The molecule has 0 saturated heterocycles. The summed E-state index contributed by atoms with van der Waals surface area (Å²) in [6.45, 7) is 10.5. The molecule has 0 saturated carbocycles. The second-order valence-electron chi connectivity index (χ2n) is 4.25. The van der Waals surface area contributed by atoms with Crippen LogP contribution in [0.15, 0.2) is 34.9 Å². The van der Waals surface area contributed by atoms with Crippen molar-refractivity contribution in [1.29, 1.82) is 0 Å². The van der Waals surface area contributed by atoms with Crippen LogP contribution in [-0.4, -0.2) is 0 Å². The summed E-state index contributed by atoms with van der Waals surface area (Å²) in [7, 11) is 0. The van der Waals surface area contributed by atoms with Gasteiger partial charge in [-0.2, -0.15) is 0 Å². The highest BCUT2D eigenvalue weighted by Gasteiger charge is 2.06. The molecule has 0 aliphatic heterocycles. The zero-order valence-electron chi connectivity index (χ0n) is 9.11. The van der Waals surface area contributed by atoms with E-state index in [1.807, 2.05) is 0 Å². The van der Waals surface area contributed by atoms with Gasteiger partial charge in [0.2, 0.25) is 0 Å². The van der Waals surface area contributed by atoms with Crippen LogP contribution < -0.4 is 0 Å². The average Bonchev–Trinajstić information content (AvgIpc) is 2.06. The lowest BCUT2D eigenvalue weighted by Crippen LogP contribution is -1.95. The first-order valence-electron chi connectivity index (χ1n) is 5.10. The fourth-order valence-electron chi connectivity index (χ4n) is 1.67. The van der Waals surface area contributed by atoms with Crippen molar-refractivity contribution in [3.8, 4) is 0 Å². The van der Waals surface area contributed by atoms with Gasteiger partial charge in [0.05, 0.1) is 0 Å². The molecule has 0 amide bonds. The van der Waals surface area contributed by atoms with Crippen LogP contribution in [0.4, 0.5) is 0 Å². The molecule has 1 aliphatic rings. The molecule has 0 heterocycles. The van der Waals surface area contributed by atoms with E-state index in [0.717, 1.165) is 6.42 Å². The summed E-state index contributed by atoms with van der Waals surface area (Å²) < 4.78 is 0. The Morgan fingerprint density at radius 3 is 2.69 bits per heavy atom. The predicted octanol–water partition coefficient (Wildman–Crippen LogP) is 4.40. The van der Waals surface area contributed by atoms with E-state index in [0.29, 0.717) is 0 Å². The molecule has 0 aromatic heterocycles. The second-order valence-corrected chi connectivity index (χ2v) is 4.25. The van der Waals surface area contributed by atoms with Crippen LogP contribution in [0.2, 0.25) is 0 Å². The fourth-order valence-corrected chi connectivity index (χ4v) is 1.67. The molecule has 0 heteroatoms. The number of allylic oxidation sites excluding steroid dienone is 5. The molecule has 1 rings (SSSR count). The Balaban J connectivity index is 2.61. The highest BCUT2D eigenvalue weighted by molar-refractivity contribution is 5.32. The molecule has 0 unspecified atom stereocenters. The lowest BCUT2D eigenvalue weighted by atomic mass is 9.91. The lowest BCUT2D eigenvalue weighted by molar-refractivity contribution is 0.840. The zero-order chi connectivity index (χ0) is 9.84. The SMILES string of the molecule is C=C(C)CCC1=C(C)CCC(C)=C1. The summed E-state index contributed by atoms with van der Waals surface area (Å²) >= 11 is 0. The van der Waals surface area contributed by atoms with Crippen LogP contribution in [0.1, 0.15) is 46.5 Å². The van der Waals surface area contributed by atoms with Crippen LogP contribution in [-0.2, 0) is 0 Å². The molecule has 0 bridgehead atoms. The van der Waals surface area contributed by atoms with E-state index >= 15 is 0 Å². The molecule has 13 heavy (non-hydrogen) atoms. The van der Waals surface area contributed by atoms with Crippen molar-refractivity contribution in [2.75, 3.05) is 0 Å². The third-order valence-corrected chi connectivity index (χ3v) is 2.68. The molecule has 0 N–H and O–H groups in total. The summed E-state index contributed by atoms with van der Waals surface area (Å²) in [5.41, 5.74) is 5.94. The summed E-state index contributed by atoms with van der Waals surface area (Å²) in [5, 5.41) is 0.